The highest BCUT2D eigenvalue weighted by Crippen LogP contribution is 2.36. The number of carbonyl (C=O) groups excluding carboxylic acids is 1. The van der Waals surface area contributed by atoms with Crippen molar-refractivity contribution in [2.45, 2.75) is 18.9 Å². The van der Waals surface area contributed by atoms with Crippen LogP contribution in [0.15, 0.2) is 67.3 Å². The number of aryl methyl sites for hydroxylation is 1. The fourth-order valence-corrected chi connectivity index (χ4v) is 2.87. The van der Waals surface area contributed by atoms with Gasteiger partial charge in [0.05, 0.1) is 7.11 Å². The van der Waals surface area contributed by atoms with Gasteiger partial charge in [0.1, 0.15) is 0 Å². The van der Waals surface area contributed by atoms with Crippen molar-refractivity contribution in [3.63, 3.8) is 0 Å². The first-order valence-electron chi connectivity index (χ1n) is 7.61. The summed E-state index contributed by atoms with van der Waals surface area (Å²) in [4.78, 5) is 14.8. The lowest BCUT2D eigenvalue weighted by Gasteiger charge is -2.40. The minimum atomic E-state index is -0.937. The molecule has 0 bridgehead atoms. The number of hydrogen-bond donors (Lipinski definition) is 0. The molecule has 2 aromatic rings. The lowest BCUT2D eigenvalue weighted by atomic mass is 9.84. The average molecular weight is 309 g/mol. The molecule has 1 atom stereocenters. The van der Waals surface area contributed by atoms with E-state index in [-0.39, 0.29) is 5.97 Å². The van der Waals surface area contributed by atoms with Gasteiger partial charge in [-0.15, -0.1) is 6.58 Å². The van der Waals surface area contributed by atoms with Crippen LogP contribution in [0.3, 0.4) is 0 Å². The summed E-state index contributed by atoms with van der Waals surface area (Å²) >= 11 is 0. The highest BCUT2D eigenvalue weighted by Gasteiger charge is 2.44. The Kier molecular flexibility index (Phi) is 5.22. The van der Waals surface area contributed by atoms with Gasteiger partial charge in [0, 0.05) is 19.2 Å². The maximum Gasteiger partial charge on any atom is 0.336 e. The zero-order chi connectivity index (χ0) is 16.9. The van der Waals surface area contributed by atoms with Crippen LogP contribution in [0.5, 0.6) is 0 Å². The standard InChI is InChI=1S/C20H23NO2/c1-5-15-20(19(22)23-4,17-9-7-6-8-10-17)21(3)18-13-11-16(2)12-14-18/h5-14H,1,15H2,2-4H3. The summed E-state index contributed by atoms with van der Waals surface area (Å²) in [5.41, 5.74) is 2.07. The van der Waals surface area contributed by atoms with Crippen LogP contribution in [-0.2, 0) is 15.1 Å². The van der Waals surface area contributed by atoms with E-state index in [4.69, 9.17) is 4.74 Å². The van der Waals surface area contributed by atoms with Crippen LogP contribution in [0.4, 0.5) is 5.69 Å². The van der Waals surface area contributed by atoms with E-state index in [0.717, 1.165) is 11.3 Å². The Morgan fingerprint density at radius 2 is 1.78 bits per heavy atom. The number of methoxy groups -OCH3 is 1. The molecule has 0 N–H and O–H groups in total. The number of nitrogens with zero attached hydrogens (tertiary/aromatic N) is 1. The Balaban J connectivity index is 2.62. The highest BCUT2D eigenvalue weighted by atomic mass is 16.5. The van der Waals surface area contributed by atoms with Crippen LogP contribution in [0.1, 0.15) is 17.5 Å². The van der Waals surface area contributed by atoms with Crippen molar-refractivity contribution in [3.05, 3.63) is 78.4 Å². The second kappa shape index (κ2) is 7.14. The minimum Gasteiger partial charge on any atom is -0.467 e. The number of benzene rings is 2. The van der Waals surface area contributed by atoms with Gasteiger partial charge in [-0.1, -0.05) is 54.1 Å². The summed E-state index contributed by atoms with van der Waals surface area (Å²) in [5.74, 6) is -0.299. The number of esters is 1. The van der Waals surface area contributed by atoms with Gasteiger partial charge in [0.25, 0.3) is 0 Å². The smallest absolute Gasteiger partial charge is 0.336 e. The predicted octanol–water partition coefficient (Wildman–Crippen LogP) is 4.08. The summed E-state index contributed by atoms with van der Waals surface area (Å²) in [6, 6.07) is 17.8. The molecule has 120 valence electrons. The van der Waals surface area contributed by atoms with E-state index >= 15 is 0 Å². The number of rotatable bonds is 6. The lowest BCUT2D eigenvalue weighted by molar-refractivity contribution is -0.147. The van der Waals surface area contributed by atoms with Crippen molar-refractivity contribution in [2.24, 2.45) is 0 Å². The first-order chi connectivity index (χ1) is 11.1. The lowest BCUT2D eigenvalue weighted by Crippen LogP contribution is -2.51. The number of anilines is 1. The molecule has 23 heavy (non-hydrogen) atoms. The molecule has 0 saturated carbocycles. The third-order valence-corrected chi connectivity index (χ3v) is 4.21. The Labute approximate surface area is 138 Å². The minimum absolute atomic E-state index is 0.299. The molecule has 0 aliphatic heterocycles. The van der Waals surface area contributed by atoms with Crippen molar-refractivity contribution in [2.75, 3.05) is 19.1 Å². The maximum absolute atomic E-state index is 12.8. The Hall–Kier alpha value is -2.55. The Morgan fingerprint density at radius 3 is 2.30 bits per heavy atom. The number of likely N-dealkylation sites (N-methyl/N-ethyl adjacent to an activating group) is 1. The highest BCUT2D eigenvalue weighted by molar-refractivity contribution is 5.87. The molecule has 2 aromatic carbocycles. The SMILES string of the molecule is C=CCC(C(=O)OC)(c1ccccc1)N(C)c1ccc(C)cc1. The molecule has 0 aliphatic carbocycles. The zero-order valence-corrected chi connectivity index (χ0v) is 14.0. The molecular weight excluding hydrogens is 286 g/mol. The van der Waals surface area contributed by atoms with Gasteiger partial charge in [-0.2, -0.15) is 0 Å². The summed E-state index contributed by atoms with van der Waals surface area (Å²) in [6.07, 6.45) is 2.21. The third kappa shape index (κ3) is 3.14. The Bertz CT molecular complexity index is 664. The molecule has 2 rings (SSSR count). The van der Waals surface area contributed by atoms with Crippen LogP contribution >= 0.6 is 0 Å². The van der Waals surface area contributed by atoms with Crippen molar-refractivity contribution < 1.29 is 9.53 Å². The predicted molar refractivity (Wildman–Crippen MR) is 94.5 cm³/mol. The van der Waals surface area contributed by atoms with Crippen molar-refractivity contribution >= 4 is 11.7 Å². The van der Waals surface area contributed by atoms with Crippen LogP contribution in [0.2, 0.25) is 0 Å². The third-order valence-electron chi connectivity index (χ3n) is 4.21. The first-order valence-corrected chi connectivity index (χ1v) is 7.61. The monoisotopic (exact) mass is 309 g/mol. The van der Waals surface area contributed by atoms with E-state index in [1.165, 1.54) is 12.7 Å². The van der Waals surface area contributed by atoms with E-state index in [9.17, 15) is 4.79 Å². The molecule has 0 amide bonds. The Morgan fingerprint density at radius 1 is 1.17 bits per heavy atom. The van der Waals surface area contributed by atoms with Gasteiger partial charge in [-0.3, -0.25) is 0 Å². The topological polar surface area (TPSA) is 29.5 Å². The fourth-order valence-electron chi connectivity index (χ4n) is 2.87. The maximum atomic E-state index is 12.8. The largest absolute Gasteiger partial charge is 0.467 e. The van der Waals surface area contributed by atoms with Gasteiger partial charge in [0.2, 0.25) is 0 Å². The molecule has 0 spiro atoms. The quantitative estimate of drug-likeness (QED) is 0.595. The normalized spacial score (nSPS) is 13.0. The number of hydrogen-bond acceptors (Lipinski definition) is 3. The molecule has 0 fully saturated rings. The van der Waals surface area contributed by atoms with Crippen LogP contribution in [0.25, 0.3) is 0 Å². The van der Waals surface area contributed by atoms with Crippen molar-refractivity contribution in [1.82, 2.24) is 0 Å². The molecular formula is C20H23NO2. The summed E-state index contributed by atoms with van der Waals surface area (Å²) < 4.78 is 5.16. The summed E-state index contributed by atoms with van der Waals surface area (Å²) in [7, 11) is 3.34. The zero-order valence-electron chi connectivity index (χ0n) is 14.0. The van der Waals surface area contributed by atoms with E-state index in [0.29, 0.717) is 6.42 Å². The van der Waals surface area contributed by atoms with Gasteiger partial charge >= 0.3 is 5.97 Å². The molecule has 1 unspecified atom stereocenters. The van der Waals surface area contributed by atoms with Gasteiger partial charge in [0.15, 0.2) is 5.54 Å². The van der Waals surface area contributed by atoms with E-state index in [1.54, 1.807) is 6.08 Å². The van der Waals surface area contributed by atoms with Crippen LogP contribution in [0, 0.1) is 6.92 Å². The van der Waals surface area contributed by atoms with Gasteiger partial charge in [-0.25, -0.2) is 4.79 Å². The summed E-state index contributed by atoms with van der Waals surface area (Å²) in [6.45, 7) is 5.88. The van der Waals surface area contributed by atoms with E-state index < -0.39 is 5.54 Å². The van der Waals surface area contributed by atoms with Gasteiger partial charge < -0.3 is 9.64 Å². The number of carbonyl (C=O) groups is 1. The van der Waals surface area contributed by atoms with E-state index in [1.807, 2.05) is 73.5 Å². The molecule has 0 radical (unpaired) electrons. The number of ether oxygens (including phenoxy) is 1. The molecule has 3 nitrogen and oxygen atoms in total. The van der Waals surface area contributed by atoms with E-state index in [2.05, 4.69) is 6.58 Å². The first kappa shape index (κ1) is 16.8. The van der Waals surface area contributed by atoms with Crippen molar-refractivity contribution in [3.8, 4) is 0 Å². The van der Waals surface area contributed by atoms with Crippen LogP contribution in [-0.4, -0.2) is 20.1 Å². The second-order valence-corrected chi connectivity index (χ2v) is 5.61. The molecule has 0 heterocycles. The second-order valence-electron chi connectivity index (χ2n) is 5.61. The molecule has 0 saturated heterocycles. The molecule has 0 aromatic heterocycles. The summed E-state index contributed by atoms with van der Waals surface area (Å²) in [5, 5.41) is 0. The van der Waals surface area contributed by atoms with Gasteiger partial charge in [-0.05, 0) is 24.6 Å². The van der Waals surface area contributed by atoms with Crippen molar-refractivity contribution in [1.29, 1.82) is 0 Å². The fraction of sp³-hybridized carbons (Fsp3) is 0.250. The molecule has 0 aliphatic rings. The average Bonchev–Trinajstić information content (AvgIpc) is 2.60. The van der Waals surface area contributed by atoms with Crippen LogP contribution < -0.4 is 4.90 Å². The molecule has 3 heteroatoms.